The standard InChI is InChI=1S/C13H15IN3S/c1-10-15-17-12(18-9-13(17,2)8-14)16(10)11-6-4-3-5-7-11/h3-7H,8-9H2,1-2H3/q+1. The van der Waals surface area contributed by atoms with Gasteiger partial charge in [-0.1, -0.05) is 45.5 Å². The minimum absolute atomic E-state index is 0.144. The van der Waals surface area contributed by atoms with E-state index in [-0.39, 0.29) is 5.54 Å². The van der Waals surface area contributed by atoms with Crippen molar-refractivity contribution in [2.75, 3.05) is 10.2 Å². The molecule has 0 fully saturated rings. The van der Waals surface area contributed by atoms with Crippen molar-refractivity contribution in [2.45, 2.75) is 24.5 Å². The Labute approximate surface area is 125 Å². The number of hydrogen-bond acceptors (Lipinski definition) is 2. The maximum absolute atomic E-state index is 4.75. The van der Waals surface area contributed by atoms with Crippen LogP contribution in [0.4, 0.5) is 0 Å². The van der Waals surface area contributed by atoms with E-state index >= 15 is 0 Å². The lowest BCUT2D eigenvalue weighted by Crippen LogP contribution is -2.35. The second kappa shape index (κ2) is 4.52. The van der Waals surface area contributed by atoms with Crippen LogP contribution in [0.25, 0.3) is 5.69 Å². The number of thioether (sulfide) groups is 1. The Morgan fingerprint density at radius 2 is 2.17 bits per heavy atom. The van der Waals surface area contributed by atoms with Crippen LogP contribution < -0.4 is 4.57 Å². The minimum Gasteiger partial charge on any atom is -0.189 e. The smallest absolute Gasteiger partial charge is 0.189 e. The van der Waals surface area contributed by atoms with Crippen LogP contribution in [-0.2, 0) is 5.54 Å². The summed E-state index contributed by atoms with van der Waals surface area (Å²) in [6, 6.07) is 10.5. The molecule has 0 amide bonds. The van der Waals surface area contributed by atoms with Crippen LogP contribution in [0.15, 0.2) is 35.5 Å². The largest absolute Gasteiger partial charge is 0.302 e. The second-order valence-electron chi connectivity index (χ2n) is 4.83. The number of halogens is 1. The summed E-state index contributed by atoms with van der Waals surface area (Å²) < 4.78 is 5.54. The molecule has 3 rings (SSSR count). The molecule has 0 saturated carbocycles. The van der Waals surface area contributed by atoms with Gasteiger partial charge in [-0.3, -0.25) is 0 Å². The van der Waals surface area contributed by atoms with Crippen LogP contribution in [-0.4, -0.2) is 20.0 Å². The average Bonchev–Trinajstić information content (AvgIpc) is 2.89. The van der Waals surface area contributed by atoms with Crippen molar-refractivity contribution in [1.29, 1.82) is 0 Å². The summed E-state index contributed by atoms with van der Waals surface area (Å²) in [6.07, 6.45) is 0. The van der Waals surface area contributed by atoms with E-state index in [2.05, 4.69) is 70.0 Å². The number of aromatic nitrogens is 3. The molecule has 1 atom stereocenters. The van der Waals surface area contributed by atoms with Gasteiger partial charge in [-0.2, -0.15) is 4.57 Å². The maximum Gasteiger partial charge on any atom is 0.302 e. The van der Waals surface area contributed by atoms with Crippen molar-refractivity contribution in [3.05, 3.63) is 36.2 Å². The highest BCUT2D eigenvalue weighted by atomic mass is 127. The second-order valence-corrected chi connectivity index (χ2v) is 6.54. The van der Waals surface area contributed by atoms with Gasteiger partial charge in [0.05, 0.1) is 0 Å². The summed E-state index contributed by atoms with van der Waals surface area (Å²) >= 11 is 4.36. The minimum atomic E-state index is 0.144. The highest BCUT2D eigenvalue weighted by Gasteiger charge is 2.45. The molecule has 1 aromatic heterocycles. The summed E-state index contributed by atoms with van der Waals surface area (Å²) in [5.74, 6) is 2.16. The number of hydrogen-bond donors (Lipinski definition) is 0. The molecule has 0 radical (unpaired) electrons. The highest BCUT2D eigenvalue weighted by Crippen LogP contribution is 2.36. The van der Waals surface area contributed by atoms with E-state index in [0.29, 0.717) is 0 Å². The Bertz CT molecular complexity index is 581. The number of nitrogens with zero attached hydrogens (tertiary/aromatic N) is 3. The third-order valence-electron chi connectivity index (χ3n) is 3.27. The molecule has 0 spiro atoms. The molecule has 5 heteroatoms. The SMILES string of the molecule is Cc1nn2c([n+]1-c1ccccc1)SCC2(C)CI. The number of alkyl halides is 1. The predicted molar refractivity (Wildman–Crippen MR) is 81.8 cm³/mol. The quantitative estimate of drug-likeness (QED) is 0.460. The normalized spacial score (nSPS) is 22.2. The van der Waals surface area contributed by atoms with Crippen LogP contribution in [0.5, 0.6) is 0 Å². The first-order chi connectivity index (χ1) is 8.65. The molecule has 1 unspecified atom stereocenters. The van der Waals surface area contributed by atoms with Gasteiger partial charge in [-0.15, -0.1) is 0 Å². The van der Waals surface area contributed by atoms with Crippen molar-refractivity contribution in [3.8, 4) is 5.69 Å². The molecule has 0 bridgehead atoms. The van der Waals surface area contributed by atoms with Gasteiger partial charge in [-0.25, -0.2) is 0 Å². The summed E-state index contributed by atoms with van der Waals surface area (Å²) in [5.41, 5.74) is 1.34. The zero-order chi connectivity index (χ0) is 12.8. The van der Waals surface area contributed by atoms with Gasteiger partial charge >= 0.3 is 5.16 Å². The monoisotopic (exact) mass is 372 g/mol. The van der Waals surface area contributed by atoms with E-state index in [1.54, 1.807) is 0 Å². The van der Waals surface area contributed by atoms with Crippen molar-refractivity contribution in [3.63, 3.8) is 0 Å². The van der Waals surface area contributed by atoms with Crippen LogP contribution in [0.2, 0.25) is 0 Å². The van der Waals surface area contributed by atoms with Crippen molar-refractivity contribution in [2.24, 2.45) is 0 Å². The van der Waals surface area contributed by atoms with Gasteiger partial charge in [0.15, 0.2) is 0 Å². The topological polar surface area (TPSA) is 21.7 Å². The Hall–Kier alpha value is -0.560. The molecule has 94 valence electrons. The maximum atomic E-state index is 4.75. The van der Waals surface area contributed by atoms with Gasteiger partial charge in [0, 0.05) is 22.2 Å². The molecule has 18 heavy (non-hydrogen) atoms. The number of para-hydroxylation sites is 1. The third kappa shape index (κ3) is 1.79. The van der Waals surface area contributed by atoms with Gasteiger partial charge in [0.25, 0.3) is 5.82 Å². The van der Waals surface area contributed by atoms with Gasteiger partial charge < -0.3 is 0 Å². The predicted octanol–water partition coefficient (Wildman–Crippen LogP) is 2.72. The van der Waals surface area contributed by atoms with Crippen molar-refractivity contribution < 1.29 is 4.57 Å². The summed E-state index contributed by atoms with van der Waals surface area (Å²) in [7, 11) is 0. The molecule has 0 aliphatic carbocycles. The molecular formula is C13H15IN3S+. The molecular weight excluding hydrogens is 357 g/mol. The lowest BCUT2D eigenvalue weighted by molar-refractivity contribution is -0.644. The first-order valence-electron chi connectivity index (χ1n) is 5.92. The first kappa shape index (κ1) is 12.5. The first-order valence-corrected chi connectivity index (χ1v) is 8.43. The van der Waals surface area contributed by atoms with E-state index in [0.717, 1.165) is 16.0 Å². The molecule has 0 N–H and O–H groups in total. The van der Waals surface area contributed by atoms with Gasteiger partial charge in [0.1, 0.15) is 11.2 Å². The number of rotatable bonds is 2. The lowest BCUT2D eigenvalue weighted by atomic mass is 10.1. The molecule has 1 aliphatic heterocycles. The van der Waals surface area contributed by atoms with E-state index in [1.165, 1.54) is 10.8 Å². The van der Waals surface area contributed by atoms with E-state index in [9.17, 15) is 0 Å². The Kier molecular flexibility index (Phi) is 3.13. The molecule has 2 aromatic rings. The molecule has 0 saturated heterocycles. The Morgan fingerprint density at radius 1 is 1.44 bits per heavy atom. The molecule has 2 heterocycles. The molecule has 1 aromatic carbocycles. The number of aryl methyl sites for hydroxylation is 1. The van der Waals surface area contributed by atoms with Crippen molar-refractivity contribution >= 4 is 34.4 Å². The van der Waals surface area contributed by atoms with Gasteiger partial charge in [0.2, 0.25) is 0 Å². The number of fused-ring (bicyclic) bond motifs is 1. The van der Waals surface area contributed by atoms with Crippen LogP contribution in [0, 0.1) is 6.92 Å². The molecule has 3 nitrogen and oxygen atoms in total. The summed E-state index contributed by atoms with van der Waals surface area (Å²) in [4.78, 5) is 0. The zero-order valence-electron chi connectivity index (χ0n) is 10.4. The van der Waals surface area contributed by atoms with Crippen LogP contribution in [0.1, 0.15) is 12.7 Å². The lowest BCUT2D eigenvalue weighted by Gasteiger charge is -2.13. The zero-order valence-corrected chi connectivity index (χ0v) is 13.4. The highest BCUT2D eigenvalue weighted by molar-refractivity contribution is 14.1. The fraction of sp³-hybridized carbons (Fsp3) is 0.385. The van der Waals surface area contributed by atoms with E-state index < -0.39 is 0 Å². The van der Waals surface area contributed by atoms with Gasteiger partial charge in [-0.05, 0) is 30.8 Å². The Morgan fingerprint density at radius 3 is 2.83 bits per heavy atom. The van der Waals surface area contributed by atoms with E-state index in [4.69, 9.17) is 5.10 Å². The average molecular weight is 372 g/mol. The fourth-order valence-electron chi connectivity index (χ4n) is 2.19. The van der Waals surface area contributed by atoms with Crippen LogP contribution >= 0.6 is 34.4 Å². The Balaban J connectivity index is 2.17. The fourth-order valence-corrected chi connectivity index (χ4v) is 4.57. The third-order valence-corrected chi connectivity index (χ3v) is 6.29. The van der Waals surface area contributed by atoms with Crippen molar-refractivity contribution in [1.82, 2.24) is 9.78 Å². The molecule has 1 aliphatic rings. The van der Waals surface area contributed by atoms with Crippen LogP contribution in [0.3, 0.4) is 0 Å². The van der Waals surface area contributed by atoms with E-state index in [1.807, 2.05) is 17.8 Å². The number of benzene rings is 1. The summed E-state index contributed by atoms with van der Waals surface area (Å²) in [6.45, 7) is 4.36. The summed E-state index contributed by atoms with van der Waals surface area (Å²) in [5, 5.41) is 5.99.